The molecule has 0 aliphatic carbocycles. The van der Waals surface area contributed by atoms with Crippen LogP contribution in [-0.2, 0) is 14.3 Å². The highest BCUT2D eigenvalue weighted by molar-refractivity contribution is 5.99. The Morgan fingerprint density at radius 3 is 2.68 bits per heavy atom. The molecule has 0 saturated carbocycles. The Morgan fingerprint density at radius 1 is 1.32 bits per heavy atom. The van der Waals surface area contributed by atoms with Gasteiger partial charge in [0.1, 0.15) is 6.04 Å². The molecule has 25 heavy (non-hydrogen) atoms. The summed E-state index contributed by atoms with van der Waals surface area (Å²) in [4.78, 5) is 37.6. The third kappa shape index (κ3) is 5.20. The van der Waals surface area contributed by atoms with Crippen molar-refractivity contribution in [1.29, 1.82) is 0 Å². The van der Waals surface area contributed by atoms with Crippen molar-refractivity contribution < 1.29 is 19.1 Å². The van der Waals surface area contributed by atoms with Crippen LogP contribution in [0.1, 0.15) is 33.1 Å². The Balaban J connectivity index is 2.09. The van der Waals surface area contributed by atoms with E-state index >= 15 is 0 Å². The summed E-state index contributed by atoms with van der Waals surface area (Å²) in [5, 5.41) is 5.37. The van der Waals surface area contributed by atoms with E-state index in [4.69, 9.17) is 0 Å². The largest absolute Gasteiger partial charge is 0.453 e. The highest BCUT2D eigenvalue weighted by Crippen LogP contribution is 2.24. The van der Waals surface area contributed by atoms with Crippen LogP contribution < -0.4 is 15.5 Å². The van der Waals surface area contributed by atoms with E-state index in [0.717, 1.165) is 12.1 Å². The maximum Gasteiger partial charge on any atom is 0.407 e. The number of carbonyl (C=O) groups is 3. The van der Waals surface area contributed by atoms with Crippen LogP contribution in [0.15, 0.2) is 24.3 Å². The van der Waals surface area contributed by atoms with Gasteiger partial charge in [-0.25, -0.2) is 4.79 Å². The molecule has 0 aromatic heterocycles. The average Bonchev–Trinajstić information content (AvgIpc) is 3.00. The standard InChI is InChI=1S/C18H25N3O4/c1-12(2)10-15(20-18(24)25-3)17(23)19-13-6-4-7-14(11-13)21-9-5-8-16(21)22/h4,6-7,11-12,15H,5,8-10H2,1-3H3,(H,19,23)(H,20,24)/t15-/m1/s1. The van der Waals surface area contributed by atoms with Crippen LogP contribution in [0.25, 0.3) is 0 Å². The normalized spacial score (nSPS) is 15.2. The van der Waals surface area contributed by atoms with Crippen LogP contribution in [0.5, 0.6) is 0 Å². The van der Waals surface area contributed by atoms with Gasteiger partial charge in [0.25, 0.3) is 0 Å². The van der Waals surface area contributed by atoms with Crippen LogP contribution in [0, 0.1) is 5.92 Å². The van der Waals surface area contributed by atoms with Gasteiger partial charge in [-0.1, -0.05) is 19.9 Å². The Kier molecular flexibility index (Phi) is 6.38. The molecule has 0 bridgehead atoms. The summed E-state index contributed by atoms with van der Waals surface area (Å²) in [7, 11) is 1.26. The summed E-state index contributed by atoms with van der Waals surface area (Å²) >= 11 is 0. The van der Waals surface area contributed by atoms with Gasteiger partial charge >= 0.3 is 6.09 Å². The molecule has 1 aliphatic heterocycles. The molecule has 1 aromatic rings. The van der Waals surface area contributed by atoms with Gasteiger partial charge in [0.15, 0.2) is 0 Å². The summed E-state index contributed by atoms with van der Waals surface area (Å²) < 4.78 is 4.59. The fraction of sp³-hybridized carbons (Fsp3) is 0.500. The van der Waals surface area contributed by atoms with Crippen molar-refractivity contribution in [3.05, 3.63) is 24.3 Å². The number of ether oxygens (including phenoxy) is 1. The summed E-state index contributed by atoms with van der Waals surface area (Å²) in [5.74, 6) is -0.000945. The predicted octanol–water partition coefficient (Wildman–Crippen LogP) is 2.52. The number of anilines is 2. The molecule has 1 atom stereocenters. The van der Waals surface area contributed by atoms with Crippen LogP contribution in [0.3, 0.4) is 0 Å². The lowest BCUT2D eigenvalue weighted by atomic mass is 10.0. The van der Waals surface area contributed by atoms with E-state index in [0.29, 0.717) is 25.1 Å². The van der Waals surface area contributed by atoms with Crippen molar-refractivity contribution in [2.75, 3.05) is 23.9 Å². The first-order chi connectivity index (χ1) is 11.9. The Bertz CT molecular complexity index is 645. The second-order valence-electron chi connectivity index (χ2n) is 6.51. The second kappa shape index (κ2) is 8.50. The van der Waals surface area contributed by atoms with Gasteiger partial charge in [-0.3, -0.25) is 9.59 Å². The molecule has 1 aliphatic rings. The van der Waals surface area contributed by atoms with Crippen LogP contribution in [-0.4, -0.2) is 37.6 Å². The molecule has 0 radical (unpaired) electrons. The molecule has 1 fully saturated rings. The number of hydrogen-bond acceptors (Lipinski definition) is 4. The minimum Gasteiger partial charge on any atom is -0.453 e. The quantitative estimate of drug-likeness (QED) is 0.828. The Morgan fingerprint density at radius 2 is 2.08 bits per heavy atom. The molecular formula is C18H25N3O4. The Hall–Kier alpha value is -2.57. The van der Waals surface area contributed by atoms with Crippen molar-refractivity contribution >= 4 is 29.3 Å². The molecular weight excluding hydrogens is 322 g/mol. The number of amides is 3. The molecule has 1 heterocycles. The van der Waals surface area contributed by atoms with E-state index < -0.39 is 12.1 Å². The van der Waals surface area contributed by atoms with Gasteiger partial charge < -0.3 is 20.3 Å². The van der Waals surface area contributed by atoms with Crippen molar-refractivity contribution in [2.45, 2.75) is 39.2 Å². The molecule has 2 rings (SSSR count). The zero-order valence-electron chi connectivity index (χ0n) is 14.9. The van der Waals surface area contributed by atoms with E-state index in [1.165, 1.54) is 7.11 Å². The van der Waals surface area contributed by atoms with Crippen molar-refractivity contribution in [3.8, 4) is 0 Å². The molecule has 0 spiro atoms. The first-order valence-electron chi connectivity index (χ1n) is 8.46. The van der Waals surface area contributed by atoms with E-state index in [1.54, 1.807) is 23.1 Å². The number of nitrogens with zero attached hydrogens (tertiary/aromatic N) is 1. The predicted molar refractivity (Wildman–Crippen MR) is 95.4 cm³/mol. The molecule has 136 valence electrons. The summed E-state index contributed by atoms with van der Waals surface area (Å²) in [6.07, 6.45) is 1.24. The molecule has 1 aromatic carbocycles. The topological polar surface area (TPSA) is 87.7 Å². The minimum atomic E-state index is -0.690. The minimum absolute atomic E-state index is 0.0912. The van der Waals surface area contributed by atoms with Crippen molar-refractivity contribution in [2.24, 2.45) is 5.92 Å². The smallest absolute Gasteiger partial charge is 0.407 e. The molecule has 2 N–H and O–H groups in total. The number of alkyl carbamates (subject to hydrolysis) is 1. The fourth-order valence-corrected chi connectivity index (χ4v) is 2.81. The molecule has 1 saturated heterocycles. The van der Waals surface area contributed by atoms with Gasteiger partial charge in [0.05, 0.1) is 7.11 Å². The van der Waals surface area contributed by atoms with E-state index in [1.807, 2.05) is 19.9 Å². The number of rotatable bonds is 6. The molecule has 7 heteroatoms. The fourth-order valence-electron chi connectivity index (χ4n) is 2.81. The number of carbonyl (C=O) groups excluding carboxylic acids is 3. The van der Waals surface area contributed by atoms with Gasteiger partial charge in [-0.15, -0.1) is 0 Å². The summed E-state index contributed by atoms with van der Waals surface area (Å²) in [5.41, 5.74) is 1.35. The van der Waals surface area contributed by atoms with Gasteiger partial charge in [-0.2, -0.15) is 0 Å². The van der Waals surface area contributed by atoms with E-state index in [-0.39, 0.29) is 17.7 Å². The number of hydrogen-bond donors (Lipinski definition) is 2. The first kappa shape index (κ1) is 18.8. The monoisotopic (exact) mass is 347 g/mol. The molecule has 3 amide bonds. The third-order valence-electron chi connectivity index (χ3n) is 4.00. The lowest BCUT2D eigenvalue weighted by molar-refractivity contribution is -0.118. The van der Waals surface area contributed by atoms with Gasteiger partial charge in [-0.05, 0) is 37.0 Å². The highest BCUT2D eigenvalue weighted by atomic mass is 16.5. The summed E-state index contributed by atoms with van der Waals surface area (Å²) in [6, 6.07) is 6.47. The zero-order valence-corrected chi connectivity index (χ0v) is 14.9. The molecule has 0 unspecified atom stereocenters. The Labute approximate surface area is 147 Å². The maximum absolute atomic E-state index is 12.5. The third-order valence-corrected chi connectivity index (χ3v) is 4.00. The van der Waals surface area contributed by atoms with Crippen molar-refractivity contribution in [3.63, 3.8) is 0 Å². The van der Waals surface area contributed by atoms with Gasteiger partial charge in [0, 0.05) is 24.3 Å². The van der Waals surface area contributed by atoms with E-state index in [9.17, 15) is 14.4 Å². The first-order valence-corrected chi connectivity index (χ1v) is 8.46. The average molecular weight is 347 g/mol. The van der Waals surface area contributed by atoms with Crippen LogP contribution in [0.2, 0.25) is 0 Å². The lowest BCUT2D eigenvalue weighted by Gasteiger charge is -2.20. The summed E-state index contributed by atoms with van der Waals surface area (Å²) in [6.45, 7) is 4.63. The number of methoxy groups -OCH3 is 1. The number of benzene rings is 1. The molecule has 7 nitrogen and oxygen atoms in total. The van der Waals surface area contributed by atoms with Gasteiger partial charge in [0.2, 0.25) is 11.8 Å². The van der Waals surface area contributed by atoms with Crippen molar-refractivity contribution in [1.82, 2.24) is 5.32 Å². The zero-order chi connectivity index (χ0) is 18.4. The van der Waals surface area contributed by atoms with E-state index in [2.05, 4.69) is 15.4 Å². The van der Waals surface area contributed by atoms with Crippen LogP contribution >= 0.6 is 0 Å². The maximum atomic E-state index is 12.5. The van der Waals surface area contributed by atoms with Crippen LogP contribution in [0.4, 0.5) is 16.2 Å². The second-order valence-corrected chi connectivity index (χ2v) is 6.51. The SMILES string of the molecule is COC(=O)N[C@H](CC(C)C)C(=O)Nc1cccc(N2CCCC2=O)c1. The lowest BCUT2D eigenvalue weighted by Crippen LogP contribution is -2.44. The highest BCUT2D eigenvalue weighted by Gasteiger charge is 2.24. The number of nitrogens with one attached hydrogen (secondary N) is 2.